The molecule has 2 nitrogen and oxygen atoms in total. The van der Waals surface area contributed by atoms with E-state index in [2.05, 4.69) is 5.32 Å². The van der Waals surface area contributed by atoms with Crippen molar-refractivity contribution in [1.82, 2.24) is 5.32 Å². The Morgan fingerprint density at radius 3 is 2.30 bits per heavy atom. The first-order valence-electron chi connectivity index (χ1n) is 2.96. The second-order valence-electron chi connectivity index (χ2n) is 2.13. The molecule has 0 rings (SSSR count). The Labute approximate surface area is 57.6 Å². The van der Waals surface area contributed by atoms with Crippen LogP contribution < -0.4 is 11.1 Å². The molecule has 0 radical (unpaired) electrons. The second kappa shape index (κ2) is 3.78. The molecule has 0 bridgehead atoms. The number of rotatable bonds is 3. The number of nitrogens with two attached hydrogens (primary N) is 1. The highest BCUT2D eigenvalue weighted by Gasteiger charge is 2.26. The highest BCUT2D eigenvalue weighted by atomic mass is 19.4. The standard InChI is InChI=1S/C5H11F3N2/c1-4(2-9)10-3-5(6,7)8/h4,10H,2-3,9H2,1H3/t4-/m0/s1. The molecule has 0 unspecified atom stereocenters. The van der Waals surface area contributed by atoms with E-state index < -0.39 is 12.7 Å². The third-order valence-electron chi connectivity index (χ3n) is 1.00. The number of alkyl halides is 3. The van der Waals surface area contributed by atoms with Crippen molar-refractivity contribution in [2.45, 2.75) is 19.1 Å². The number of hydrogen-bond acceptors (Lipinski definition) is 2. The Morgan fingerprint density at radius 1 is 1.50 bits per heavy atom. The molecule has 0 aliphatic heterocycles. The molecule has 62 valence electrons. The summed E-state index contributed by atoms with van der Waals surface area (Å²) in [4.78, 5) is 0. The van der Waals surface area contributed by atoms with Crippen LogP contribution in [0.5, 0.6) is 0 Å². The van der Waals surface area contributed by atoms with Crippen molar-refractivity contribution in [3.8, 4) is 0 Å². The first-order valence-corrected chi connectivity index (χ1v) is 2.96. The van der Waals surface area contributed by atoms with Crippen molar-refractivity contribution in [2.24, 2.45) is 5.73 Å². The van der Waals surface area contributed by atoms with E-state index in [9.17, 15) is 13.2 Å². The van der Waals surface area contributed by atoms with Crippen LogP contribution in [0.2, 0.25) is 0 Å². The maximum atomic E-state index is 11.4. The van der Waals surface area contributed by atoms with Crippen LogP contribution in [0.3, 0.4) is 0 Å². The minimum absolute atomic E-state index is 0.218. The minimum Gasteiger partial charge on any atom is -0.329 e. The van der Waals surface area contributed by atoms with Gasteiger partial charge in [-0.25, -0.2) is 0 Å². The van der Waals surface area contributed by atoms with Crippen LogP contribution in [-0.4, -0.2) is 25.3 Å². The minimum atomic E-state index is -4.14. The van der Waals surface area contributed by atoms with Gasteiger partial charge in [0.05, 0.1) is 6.54 Å². The summed E-state index contributed by atoms with van der Waals surface area (Å²) in [6.45, 7) is 0.854. The predicted molar refractivity (Wildman–Crippen MR) is 32.6 cm³/mol. The molecule has 5 heteroatoms. The Morgan fingerprint density at radius 2 is 2.00 bits per heavy atom. The number of hydrogen-bond donors (Lipinski definition) is 2. The Kier molecular flexibility index (Phi) is 3.67. The summed E-state index contributed by atoms with van der Waals surface area (Å²) in [6, 6.07) is -0.276. The molecule has 0 saturated carbocycles. The molecule has 0 aliphatic rings. The zero-order chi connectivity index (χ0) is 8.20. The van der Waals surface area contributed by atoms with Gasteiger partial charge in [-0.3, -0.25) is 0 Å². The van der Waals surface area contributed by atoms with Crippen molar-refractivity contribution in [1.29, 1.82) is 0 Å². The zero-order valence-corrected chi connectivity index (χ0v) is 5.70. The van der Waals surface area contributed by atoms with Crippen molar-refractivity contribution in [2.75, 3.05) is 13.1 Å². The van der Waals surface area contributed by atoms with Crippen LogP contribution in [0.1, 0.15) is 6.92 Å². The van der Waals surface area contributed by atoms with E-state index in [1.165, 1.54) is 0 Å². The lowest BCUT2D eigenvalue weighted by Gasteiger charge is -2.12. The van der Waals surface area contributed by atoms with Crippen molar-refractivity contribution in [3.05, 3.63) is 0 Å². The van der Waals surface area contributed by atoms with Gasteiger partial charge in [-0.05, 0) is 6.92 Å². The fourth-order valence-electron chi connectivity index (χ4n) is 0.373. The molecule has 0 spiro atoms. The fraction of sp³-hybridized carbons (Fsp3) is 1.00. The SMILES string of the molecule is C[C@@H](CN)NCC(F)(F)F. The highest BCUT2D eigenvalue weighted by Crippen LogP contribution is 2.12. The third kappa shape index (κ3) is 5.84. The maximum absolute atomic E-state index is 11.4. The van der Waals surface area contributed by atoms with E-state index in [4.69, 9.17) is 5.73 Å². The quantitative estimate of drug-likeness (QED) is 0.624. The molecule has 1 atom stereocenters. The van der Waals surface area contributed by atoms with Gasteiger partial charge < -0.3 is 11.1 Å². The molecule has 0 aromatic rings. The van der Waals surface area contributed by atoms with E-state index in [1.54, 1.807) is 6.92 Å². The molecule has 0 fully saturated rings. The molecule has 0 amide bonds. The van der Waals surface area contributed by atoms with E-state index in [-0.39, 0.29) is 12.6 Å². The Hall–Kier alpha value is -0.290. The second-order valence-corrected chi connectivity index (χ2v) is 2.13. The Bertz CT molecular complexity index is 91.4. The lowest BCUT2D eigenvalue weighted by atomic mass is 10.3. The summed E-state index contributed by atoms with van der Waals surface area (Å²) in [5.41, 5.74) is 5.07. The molecule has 3 N–H and O–H groups in total. The zero-order valence-electron chi connectivity index (χ0n) is 5.70. The lowest BCUT2D eigenvalue weighted by Crippen LogP contribution is -2.39. The molecule has 0 aromatic carbocycles. The first-order chi connectivity index (χ1) is 4.45. The van der Waals surface area contributed by atoms with Crippen LogP contribution in [0, 0.1) is 0 Å². The summed E-state index contributed by atoms with van der Waals surface area (Å²) in [7, 11) is 0. The summed E-state index contributed by atoms with van der Waals surface area (Å²) >= 11 is 0. The van der Waals surface area contributed by atoms with Gasteiger partial charge in [-0.15, -0.1) is 0 Å². The van der Waals surface area contributed by atoms with Crippen LogP contribution in [0.15, 0.2) is 0 Å². The molecule has 0 aromatic heterocycles. The lowest BCUT2D eigenvalue weighted by molar-refractivity contribution is -0.125. The van der Waals surface area contributed by atoms with Crippen LogP contribution in [0.25, 0.3) is 0 Å². The summed E-state index contributed by atoms with van der Waals surface area (Å²) in [5.74, 6) is 0. The van der Waals surface area contributed by atoms with Gasteiger partial charge in [-0.1, -0.05) is 0 Å². The van der Waals surface area contributed by atoms with Crippen molar-refractivity contribution >= 4 is 0 Å². The first kappa shape index (κ1) is 9.71. The van der Waals surface area contributed by atoms with E-state index in [0.717, 1.165) is 0 Å². The van der Waals surface area contributed by atoms with E-state index >= 15 is 0 Å². The summed E-state index contributed by atoms with van der Waals surface area (Å²) < 4.78 is 34.3. The molecule has 0 aliphatic carbocycles. The Balaban J connectivity index is 3.36. The maximum Gasteiger partial charge on any atom is 0.401 e. The van der Waals surface area contributed by atoms with E-state index in [0.29, 0.717) is 0 Å². The summed E-state index contributed by atoms with van der Waals surface area (Å²) in [6.07, 6.45) is -4.14. The van der Waals surface area contributed by atoms with Crippen LogP contribution in [-0.2, 0) is 0 Å². The molecule has 10 heavy (non-hydrogen) atoms. The van der Waals surface area contributed by atoms with Crippen LogP contribution in [0.4, 0.5) is 13.2 Å². The highest BCUT2D eigenvalue weighted by molar-refractivity contribution is 4.63. The van der Waals surface area contributed by atoms with Crippen LogP contribution >= 0.6 is 0 Å². The average Bonchev–Trinajstić information content (AvgIpc) is 1.81. The van der Waals surface area contributed by atoms with Gasteiger partial charge >= 0.3 is 6.18 Å². The van der Waals surface area contributed by atoms with Gasteiger partial charge in [-0.2, -0.15) is 13.2 Å². The molecule has 0 heterocycles. The normalized spacial score (nSPS) is 15.3. The molecular weight excluding hydrogens is 145 g/mol. The van der Waals surface area contributed by atoms with Gasteiger partial charge in [0.25, 0.3) is 0 Å². The van der Waals surface area contributed by atoms with Crippen molar-refractivity contribution < 1.29 is 13.2 Å². The number of nitrogens with one attached hydrogen (secondary N) is 1. The topological polar surface area (TPSA) is 38.0 Å². The van der Waals surface area contributed by atoms with Gasteiger partial charge in [0.1, 0.15) is 0 Å². The summed E-state index contributed by atoms with van der Waals surface area (Å²) in [5, 5.41) is 2.22. The fourth-order valence-corrected chi connectivity index (χ4v) is 0.373. The average molecular weight is 156 g/mol. The number of halogens is 3. The molecule has 0 saturated heterocycles. The smallest absolute Gasteiger partial charge is 0.329 e. The largest absolute Gasteiger partial charge is 0.401 e. The van der Waals surface area contributed by atoms with Gasteiger partial charge in [0, 0.05) is 12.6 Å². The third-order valence-corrected chi connectivity index (χ3v) is 1.00. The monoisotopic (exact) mass is 156 g/mol. The molecular formula is C5H11F3N2. The van der Waals surface area contributed by atoms with Gasteiger partial charge in [0.15, 0.2) is 0 Å². The predicted octanol–water partition coefficient (Wildman–Crippen LogP) is 0.486. The van der Waals surface area contributed by atoms with Crippen molar-refractivity contribution in [3.63, 3.8) is 0 Å². The van der Waals surface area contributed by atoms with Gasteiger partial charge in [0.2, 0.25) is 0 Å². The van der Waals surface area contributed by atoms with E-state index in [1.807, 2.05) is 0 Å².